The van der Waals surface area contributed by atoms with Crippen molar-refractivity contribution in [1.29, 1.82) is 0 Å². The minimum absolute atomic E-state index is 0.0566. The molecule has 2 aliphatic rings. The maximum atomic E-state index is 13.9. The Kier molecular flexibility index (Phi) is 12.6. The number of nitrogens with one attached hydrogen (secondary N) is 4. The number of likely N-dealkylation sites (tertiary alicyclic amines) is 1. The second kappa shape index (κ2) is 15.1. The van der Waals surface area contributed by atoms with Gasteiger partial charge in [0.2, 0.25) is 29.9 Å². The van der Waals surface area contributed by atoms with E-state index in [1.165, 1.54) is 0 Å². The van der Waals surface area contributed by atoms with Crippen LogP contribution in [0.15, 0.2) is 0 Å². The van der Waals surface area contributed by atoms with E-state index in [0.717, 1.165) is 19.3 Å². The fourth-order valence-electron chi connectivity index (χ4n) is 5.82. The molecule has 11 heteroatoms. The highest BCUT2D eigenvalue weighted by Crippen LogP contribution is 2.42. The molecule has 11 nitrogen and oxygen atoms in total. The van der Waals surface area contributed by atoms with Crippen molar-refractivity contribution in [2.45, 2.75) is 117 Å². The van der Waals surface area contributed by atoms with Crippen molar-refractivity contribution in [2.75, 3.05) is 6.54 Å². The van der Waals surface area contributed by atoms with Crippen LogP contribution in [0.3, 0.4) is 0 Å². The number of hydrogen-bond acceptors (Lipinski definition) is 6. The molecule has 1 saturated heterocycles. The van der Waals surface area contributed by atoms with Gasteiger partial charge in [-0.2, -0.15) is 0 Å². The standard InChI is InChI=1S/C29H49N5O6/c1-8-11-21(25(36)28(39)31-18(7)9-2)32-27(38)24-20-13-10-12-19(20)14-34(24)29(40)23(17(5)6)33-26(37)22(16(3)4)30-15-35/h15-24H,8-14H2,1-7H3,(H,30,35)(H,31,39)(H,32,38)(H,33,37)/t18?,19-,20-,21?,22+,23-,24-/m0/s1. The van der Waals surface area contributed by atoms with Crippen molar-refractivity contribution in [3.05, 3.63) is 0 Å². The van der Waals surface area contributed by atoms with E-state index in [1.807, 2.05) is 34.6 Å². The first kappa shape index (κ1) is 33.2. The van der Waals surface area contributed by atoms with Crippen LogP contribution in [0.5, 0.6) is 0 Å². The highest BCUT2D eigenvalue weighted by atomic mass is 16.2. The lowest BCUT2D eigenvalue weighted by Crippen LogP contribution is -2.60. The van der Waals surface area contributed by atoms with Gasteiger partial charge < -0.3 is 26.2 Å². The third-order valence-corrected chi connectivity index (χ3v) is 8.29. The topological polar surface area (TPSA) is 154 Å². The van der Waals surface area contributed by atoms with Gasteiger partial charge in [0.25, 0.3) is 5.91 Å². The summed E-state index contributed by atoms with van der Waals surface area (Å²) < 4.78 is 0. The maximum absolute atomic E-state index is 13.9. The second-order valence-corrected chi connectivity index (χ2v) is 12.0. The number of carbonyl (C=O) groups is 6. The molecule has 2 fully saturated rings. The van der Waals surface area contributed by atoms with Crippen LogP contribution in [0.25, 0.3) is 0 Å². The summed E-state index contributed by atoms with van der Waals surface area (Å²) in [7, 11) is 0. The number of carbonyl (C=O) groups excluding carboxylic acids is 6. The number of fused-ring (bicyclic) bond motifs is 1. The molecule has 2 rings (SSSR count). The lowest BCUT2D eigenvalue weighted by molar-refractivity contribution is -0.145. The monoisotopic (exact) mass is 563 g/mol. The van der Waals surface area contributed by atoms with Crippen molar-refractivity contribution in [1.82, 2.24) is 26.2 Å². The number of Topliss-reactive ketones (excluding diaryl/α,β-unsaturated/α-hetero) is 1. The molecule has 7 atom stereocenters. The van der Waals surface area contributed by atoms with Crippen LogP contribution in [0, 0.1) is 23.7 Å². The van der Waals surface area contributed by atoms with Crippen LogP contribution in [-0.2, 0) is 28.8 Å². The van der Waals surface area contributed by atoms with Crippen LogP contribution >= 0.6 is 0 Å². The maximum Gasteiger partial charge on any atom is 0.289 e. The van der Waals surface area contributed by atoms with Crippen LogP contribution in [-0.4, -0.2) is 77.5 Å². The fourth-order valence-corrected chi connectivity index (χ4v) is 5.82. The summed E-state index contributed by atoms with van der Waals surface area (Å²) in [4.78, 5) is 78.9. The first-order valence-corrected chi connectivity index (χ1v) is 14.8. The van der Waals surface area contributed by atoms with E-state index in [9.17, 15) is 28.8 Å². The van der Waals surface area contributed by atoms with Gasteiger partial charge in [-0.1, -0.05) is 54.4 Å². The summed E-state index contributed by atoms with van der Waals surface area (Å²) in [5, 5.41) is 10.8. The molecular weight excluding hydrogens is 514 g/mol. The Balaban J connectivity index is 2.28. The Bertz CT molecular complexity index is 938. The van der Waals surface area contributed by atoms with Gasteiger partial charge in [0.1, 0.15) is 18.1 Å². The fraction of sp³-hybridized carbons (Fsp3) is 0.793. The second-order valence-electron chi connectivity index (χ2n) is 12.0. The molecule has 1 saturated carbocycles. The molecule has 0 aromatic carbocycles. The van der Waals surface area contributed by atoms with Crippen LogP contribution < -0.4 is 21.3 Å². The van der Waals surface area contributed by atoms with Gasteiger partial charge in [-0.05, 0) is 56.3 Å². The Morgan fingerprint density at radius 1 is 0.900 bits per heavy atom. The summed E-state index contributed by atoms with van der Waals surface area (Å²) in [6.07, 6.45) is 4.65. The molecule has 0 bridgehead atoms. The van der Waals surface area contributed by atoms with Crippen LogP contribution in [0.4, 0.5) is 0 Å². The molecule has 1 heterocycles. The molecule has 0 aromatic rings. The average Bonchev–Trinajstić information content (AvgIpc) is 3.50. The van der Waals surface area contributed by atoms with Gasteiger partial charge in [0.05, 0.1) is 6.04 Å². The zero-order chi connectivity index (χ0) is 30.1. The number of amides is 5. The third kappa shape index (κ3) is 8.04. The van der Waals surface area contributed by atoms with Crippen molar-refractivity contribution in [3.8, 4) is 0 Å². The summed E-state index contributed by atoms with van der Waals surface area (Å²) in [6, 6.07) is -3.65. The number of rotatable bonds is 15. The van der Waals surface area contributed by atoms with Gasteiger partial charge in [-0.25, -0.2) is 0 Å². The van der Waals surface area contributed by atoms with E-state index in [2.05, 4.69) is 21.3 Å². The minimum atomic E-state index is -0.985. The average molecular weight is 564 g/mol. The Morgan fingerprint density at radius 3 is 2.10 bits per heavy atom. The van der Waals surface area contributed by atoms with Crippen LogP contribution in [0.2, 0.25) is 0 Å². The zero-order valence-corrected chi connectivity index (χ0v) is 25.1. The minimum Gasteiger partial charge on any atom is -0.347 e. The molecule has 1 aliphatic carbocycles. The molecule has 0 radical (unpaired) electrons. The number of nitrogens with zero attached hydrogens (tertiary/aromatic N) is 1. The van der Waals surface area contributed by atoms with E-state index in [1.54, 1.807) is 18.7 Å². The van der Waals surface area contributed by atoms with E-state index in [0.29, 0.717) is 32.2 Å². The normalized spacial score (nSPS) is 23.1. The van der Waals surface area contributed by atoms with Gasteiger partial charge in [0.15, 0.2) is 0 Å². The summed E-state index contributed by atoms with van der Waals surface area (Å²) in [5.74, 6) is -3.05. The Morgan fingerprint density at radius 2 is 1.55 bits per heavy atom. The van der Waals surface area contributed by atoms with E-state index < -0.39 is 47.7 Å². The van der Waals surface area contributed by atoms with Gasteiger partial charge in [-0.3, -0.25) is 28.8 Å². The Hall–Kier alpha value is -2.98. The quantitative estimate of drug-likeness (QED) is 0.174. The smallest absolute Gasteiger partial charge is 0.289 e. The van der Waals surface area contributed by atoms with E-state index >= 15 is 0 Å². The predicted octanol–water partition coefficient (Wildman–Crippen LogP) is 1.29. The van der Waals surface area contributed by atoms with E-state index in [-0.39, 0.29) is 35.6 Å². The molecule has 5 amide bonds. The lowest BCUT2D eigenvalue weighted by atomic mass is 9.92. The van der Waals surface area contributed by atoms with Crippen molar-refractivity contribution < 1.29 is 28.8 Å². The van der Waals surface area contributed by atoms with Crippen LogP contribution in [0.1, 0.15) is 87.0 Å². The molecule has 2 unspecified atom stereocenters. The van der Waals surface area contributed by atoms with Crippen molar-refractivity contribution in [2.24, 2.45) is 23.7 Å². The number of ketones is 1. The third-order valence-electron chi connectivity index (χ3n) is 8.29. The predicted molar refractivity (Wildman–Crippen MR) is 151 cm³/mol. The SMILES string of the molecule is CCCC(NC(=O)[C@@H]1[C@H]2CCC[C@H]2CN1C(=O)[C@@H](NC(=O)[C@H](NC=O)C(C)C)C(C)C)C(=O)C(=O)NC(C)CC. The summed E-state index contributed by atoms with van der Waals surface area (Å²) in [5.41, 5.74) is 0. The summed E-state index contributed by atoms with van der Waals surface area (Å²) in [6.45, 7) is 13.2. The largest absolute Gasteiger partial charge is 0.347 e. The Labute approximate surface area is 238 Å². The zero-order valence-electron chi connectivity index (χ0n) is 25.1. The molecule has 0 spiro atoms. The van der Waals surface area contributed by atoms with Gasteiger partial charge in [0, 0.05) is 12.6 Å². The summed E-state index contributed by atoms with van der Waals surface area (Å²) >= 11 is 0. The van der Waals surface area contributed by atoms with Crippen molar-refractivity contribution in [3.63, 3.8) is 0 Å². The van der Waals surface area contributed by atoms with Gasteiger partial charge in [-0.15, -0.1) is 0 Å². The van der Waals surface area contributed by atoms with Gasteiger partial charge >= 0.3 is 0 Å². The first-order chi connectivity index (χ1) is 18.9. The lowest BCUT2D eigenvalue weighted by Gasteiger charge is -2.33. The molecular formula is C29H49N5O6. The molecule has 4 N–H and O–H groups in total. The highest BCUT2D eigenvalue weighted by molar-refractivity contribution is 6.38. The van der Waals surface area contributed by atoms with Crippen molar-refractivity contribution >= 4 is 35.8 Å². The number of hydrogen-bond donors (Lipinski definition) is 4. The molecule has 40 heavy (non-hydrogen) atoms. The molecule has 226 valence electrons. The highest BCUT2D eigenvalue weighted by Gasteiger charge is 2.51. The first-order valence-electron chi connectivity index (χ1n) is 14.8. The molecule has 0 aromatic heterocycles. The van der Waals surface area contributed by atoms with E-state index in [4.69, 9.17) is 0 Å². The molecule has 1 aliphatic heterocycles.